The molecule has 7 heteroatoms. The molecule has 25 heavy (non-hydrogen) atoms. The van der Waals surface area contributed by atoms with Gasteiger partial charge in [-0.2, -0.15) is 4.98 Å². The lowest BCUT2D eigenvalue weighted by Crippen LogP contribution is -2.48. The summed E-state index contributed by atoms with van der Waals surface area (Å²) in [7, 11) is 0. The van der Waals surface area contributed by atoms with E-state index >= 15 is 0 Å². The van der Waals surface area contributed by atoms with E-state index in [0.29, 0.717) is 18.3 Å². The maximum atomic E-state index is 12.1. The zero-order valence-corrected chi connectivity index (χ0v) is 14.6. The Morgan fingerprint density at radius 2 is 2.12 bits per heavy atom. The molecule has 0 spiro atoms. The van der Waals surface area contributed by atoms with Crippen LogP contribution in [0.2, 0.25) is 0 Å². The molecule has 0 unspecified atom stereocenters. The Balaban J connectivity index is 1.27. The number of carbonyl (C=O) groups is 1. The first-order chi connectivity index (χ1) is 12.2. The summed E-state index contributed by atoms with van der Waals surface area (Å²) < 4.78 is 5.37. The van der Waals surface area contributed by atoms with Gasteiger partial charge in [0, 0.05) is 18.8 Å². The van der Waals surface area contributed by atoms with E-state index in [1.54, 1.807) is 11.3 Å². The summed E-state index contributed by atoms with van der Waals surface area (Å²) in [5, 5.41) is 8.94. The Bertz CT molecular complexity index is 852. The number of hydrogen-bond donors (Lipinski definition) is 1. The number of carbonyl (C=O) groups excluding carboxylic acids is 1. The van der Waals surface area contributed by atoms with E-state index in [9.17, 15) is 4.79 Å². The molecule has 1 N–H and O–H groups in total. The highest BCUT2D eigenvalue weighted by Crippen LogP contribution is 2.28. The predicted molar refractivity (Wildman–Crippen MR) is 96.6 cm³/mol. The first kappa shape index (κ1) is 16.0. The van der Waals surface area contributed by atoms with Gasteiger partial charge < -0.3 is 9.84 Å². The van der Waals surface area contributed by atoms with Crippen LogP contribution in [-0.2, 0) is 4.79 Å². The number of benzene rings is 1. The molecule has 4 rings (SSSR count). The average Bonchev–Trinajstić information content (AvgIpc) is 3.23. The minimum absolute atomic E-state index is 0.00731. The Kier molecular flexibility index (Phi) is 4.33. The SMILES string of the molecule is Cc1ccc(NC(=O)CN2CC(c3nc(-c4cccs4)no3)C2)cc1. The second-order valence-corrected chi connectivity index (χ2v) is 7.19. The van der Waals surface area contributed by atoms with Crippen LogP contribution in [0, 0.1) is 6.92 Å². The molecule has 128 valence electrons. The van der Waals surface area contributed by atoms with Crippen molar-refractivity contribution in [2.24, 2.45) is 0 Å². The number of hydrogen-bond acceptors (Lipinski definition) is 6. The van der Waals surface area contributed by atoms with E-state index in [-0.39, 0.29) is 11.8 Å². The monoisotopic (exact) mass is 354 g/mol. The summed E-state index contributed by atoms with van der Waals surface area (Å²) in [6.45, 7) is 3.91. The number of nitrogens with one attached hydrogen (secondary N) is 1. The number of amides is 1. The molecule has 1 fully saturated rings. The van der Waals surface area contributed by atoms with Gasteiger partial charge in [0.25, 0.3) is 0 Å². The second-order valence-electron chi connectivity index (χ2n) is 6.24. The fourth-order valence-electron chi connectivity index (χ4n) is 2.80. The number of aryl methyl sites for hydroxylation is 1. The van der Waals surface area contributed by atoms with Gasteiger partial charge in [0.15, 0.2) is 0 Å². The van der Waals surface area contributed by atoms with Crippen LogP contribution in [-0.4, -0.2) is 40.6 Å². The molecule has 3 aromatic rings. The lowest BCUT2D eigenvalue weighted by atomic mass is 10.0. The van der Waals surface area contributed by atoms with Crippen molar-refractivity contribution in [1.29, 1.82) is 0 Å². The van der Waals surface area contributed by atoms with Crippen molar-refractivity contribution in [3.63, 3.8) is 0 Å². The van der Waals surface area contributed by atoms with Gasteiger partial charge in [-0.15, -0.1) is 11.3 Å². The number of rotatable bonds is 5. The summed E-state index contributed by atoms with van der Waals surface area (Å²) in [6, 6.07) is 11.7. The highest BCUT2D eigenvalue weighted by molar-refractivity contribution is 7.13. The number of likely N-dealkylation sites (tertiary alicyclic amines) is 1. The molecule has 6 nitrogen and oxygen atoms in total. The fourth-order valence-corrected chi connectivity index (χ4v) is 3.45. The van der Waals surface area contributed by atoms with E-state index in [1.165, 1.54) is 5.56 Å². The van der Waals surface area contributed by atoms with Crippen LogP contribution < -0.4 is 5.32 Å². The highest BCUT2D eigenvalue weighted by Gasteiger charge is 2.33. The van der Waals surface area contributed by atoms with Gasteiger partial charge in [-0.1, -0.05) is 28.9 Å². The number of thiophene rings is 1. The van der Waals surface area contributed by atoms with E-state index < -0.39 is 0 Å². The molecule has 3 heterocycles. The molecule has 2 aromatic heterocycles. The second kappa shape index (κ2) is 6.78. The van der Waals surface area contributed by atoms with Crippen molar-refractivity contribution in [1.82, 2.24) is 15.0 Å². The van der Waals surface area contributed by atoms with Crippen molar-refractivity contribution >= 4 is 22.9 Å². The van der Waals surface area contributed by atoms with Crippen molar-refractivity contribution in [3.8, 4) is 10.7 Å². The van der Waals surface area contributed by atoms with Crippen LogP contribution in [0.15, 0.2) is 46.3 Å². The maximum absolute atomic E-state index is 12.1. The lowest BCUT2D eigenvalue weighted by Gasteiger charge is -2.36. The molecule has 0 radical (unpaired) electrons. The molecule has 0 atom stereocenters. The van der Waals surface area contributed by atoms with E-state index in [1.807, 2.05) is 48.7 Å². The normalized spacial score (nSPS) is 15.1. The van der Waals surface area contributed by atoms with Gasteiger partial charge in [0.05, 0.1) is 17.3 Å². The summed E-state index contributed by atoms with van der Waals surface area (Å²) in [5.41, 5.74) is 2.00. The van der Waals surface area contributed by atoms with Crippen LogP contribution in [0.25, 0.3) is 10.7 Å². The van der Waals surface area contributed by atoms with Gasteiger partial charge in [-0.3, -0.25) is 9.69 Å². The third-order valence-electron chi connectivity index (χ3n) is 4.19. The third-order valence-corrected chi connectivity index (χ3v) is 5.06. The minimum atomic E-state index is -0.00731. The molecule has 0 bridgehead atoms. The van der Waals surface area contributed by atoms with Crippen LogP contribution in [0.4, 0.5) is 5.69 Å². The van der Waals surface area contributed by atoms with Gasteiger partial charge in [0.2, 0.25) is 17.6 Å². The van der Waals surface area contributed by atoms with Crippen molar-refractivity contribution in [2.45, 2.75) is 12.8 Å². The molecule has 1 aromatic carbocycles. The predicted octanol–water partition coefficient (Wildman–Crippen LogP) is 3.14. The summed E-state index contributed by atoms with van der Waals surface area (Å²) in [6.07, 6.45) is 0. The summed E-state index contributed by atoms with van der Waals surface area (Å²) in [5.74, 6) is 1.49. The molecule has 0 aliphatic carbocycles. The standard InChI is InChI=1S/C18H18N4O2S/c1-12-4-6-14(7-5-12)19-16(23)11-22-9-13(10-22)18-20-17(21-24-18)15-3-2-8-25-15/h2-8,13H,9-11H2,1H3,(H,19,23). The molecule has 1 aliphatic rings. The smallest absolute Gasteiger partial charge is 0.238 e. The largest absolute Gasteiger partial charge is 0.339 e. The first-order valence-corrected chi connectivity index (χ1v) is 9.02. The third kappa shape index (κ3) is 3.62. The lowest BCUT2D eigenvalue weighted by molar-refractivity contribution is -0.118. The maximum Gasteiger partial charge on any atom is 0.238 e. The van der Waals surface area contributed by atoms with E-state index in [4.69, 9.17) is 4.52 Å². The summed E-state index contributed by atoms with van der Waals surface area (Å²) in [4.78, 5) is 19.6. The van der Waals surface area contributed by atoms with E-state index in [0.717, 1.165) is 23.7 Å². The van der Waals surface area contributed by atoms with Crippen molar-refractivity contribution in [3.05, 3.63) is 53.2 Å². The molecular formula is C18H18N4O2S. The fraction of sp³-hybridized carbons (Fsp3) is 0.278. The zero-order valence-electron chi connectivity index (χ0n) is 13.8. The highest BCUT2D eigenvalue weighted by atomic mass is 32.1. The quantitative estimate of drug-likeness (QED) is 0.762. The minimum Gasteiger partial charge on any atom is -0.339 e. The van der Waals surface area contributed by atoms with Crippen LogP contribution in [0.5, 0.6) is 0 Å². The van der Waals surface area contributed by atoms with E-state index in [2.05, 4.69) is 20.4 Å². The zero-order chi connectivity index (χ0) is 17.2. The van der Waals surface area contributed by atoms with Crippen LogP contribution in [0.3, 0.4) is 0 Å². The van der Waals surface area contributed by atoms with Crippen molar-refractivity contribution in [2.75, 3.05) is 25.0 Å². The Morgan fingerprint density at radius 1 is 1.32 bits per heavy atom. The Morgan fingerprint density at radius 3 is 2.84 bits per heavy atom. The van der Waals surface area contributed by atoms with Crippen molar-refractivity contribution < 1.29 is 9.32 Å². The molecule has 1 amide bonds. The van der Waals surface area contributed by atoms with Crippen LogP contribution >= 0.6 is 11.3 Å². The van der Waals surface area contributed by atoms with Gasteiger partial charge >= 0.3 is 0 Å². The van der Waals surface area contributed by atoms with Gasteiger partial charge in [0.1, 0.15) is 0 Å². The Labute approximate surface area is 149 Å². The topological polar surface area (TPSA) is 71.3 Å². The molecule has 0 saturated carbocycles. The average molecular weight is 354 g/mol. The first-order valence-electron chi connectivity index (χ1n) is 8.14. The molecule has 1 aliphatic heterocycles. The molecular weight excluding hydrogens is 336 g/mol. The number of aromatic nitrogens is 2. The summed E-state index contributed by atoms with van der Waals surface area (Å²) >= 11 is 1.59. The van der Waals surface area contributed by atoms with Gasteiger partial charge in [-0.05, 0) is 30.5 Å². The van der Waals surface area contributed by atoms with Crippen LogP contribution in [0.1, 0.15) is 17.4 Å². The molecule has 1 saturated heterocycles. The number of nitrogens with zero attached hydrogens (tertiary/aromatic N) is 3. The number of anilines is 1. The van der Waals surface area contributed by atoms with Gasteiger partial charge in [-0.25, -0.2) is 0 Å². The Hall–Kier alpha value is -2.51.